The highest BCUT2D eigenvalue weighted by Gasteiger charge is 2.51. The molecule has 1 aromatic carbocycles. The minimum absolute atomic E-state index is 0.0913. The van der Waals surface area contributed by atoms with Crippen molar-refractivity contribution in [2.75, 3.05) is 39.3 Å². The molecule has 6 heteroatoms. The van der Waals surface area contributed by atoms with Crippen LogP contribution in [-0.4, -0.2) is 78.0 Å². The van der Waals surface area contributed by atoms with E-state index in [9.17, 15) is 9.59 Å². The molecule has 3 aliphatic rings. The summed E-state index contributed by atoms with van der Waals surface area (Å²) in [7, 11) is 0. The molecule has 3 heterocycles. The van der Waals surface area contributed by atoms with Crippen molar-refractivity contribution in [1.29, 1.82) is 0 Å². The lowest BCUT2D eigenvalue weighted by molar-refractivity contribution is -0.134. The van der Waals surface area contributed by atoms with Crippen LogP contribution in [0.1, 0.15) is 50.7 Å². The smallest absolute Gasteiger partial charge is 0.225 e. The van der Waals surface area contributed by atoms with E-state index in [4.69, 9.17) is 4.74 Å². The number of ether oxygens (including phenoxy) is 1. The van der Waals surface area contributed by atoms with Crippen molar-refractivity contribution in [2.24, 2.45) is 11.8 Å². The average molecular weight is 442 g/mol. The first-order valence-electron chi connectivity index (χ1n) is 12.5. The van der Waals surface area contributed by atoms with E-state index in [0.717, 1.165) is 52.1 Å². The van der Waals surface area contributed by atoms with Crippen LogP contribution in [0.25, 0.3) is 0 Å². The highest BCUT2D eigenvalue weighted by Crippen LogP contribution is 2.42. The van der Waals surface area contributed by atoms with Gasteiger partial charge in [-0.3, -0.25) is 14.5 Å². The Balaban J connectivity index is 1.51. The van der Waals surface area contributed by atoms with Gasteiger partial charge in [0.2, 0.25) is 11.8 Å². The molecule has 0 aliphatic carbocycles. The van der Waals surface area contributed by atoms with E-state index in [1.54, 1.807) is 0 Å². The van der Waals surface area contributed by atoms with Crippen LogP contribution in [-0.2, 0) is 20.9 Å². The van der Waals surface area contributed by atoms with Crippen LogP contribution in [0.15, 0.2) is 24.3 Å². The molecule has 0 spiro atoms. The Bertz CT molecular complexity index is 803. The molecule has 176 valence electrons. The number of nitrogens with zero attached hydrogens (tertiary/aromatic N) is 3. The summed E-state index contributed by atoms with van der Waals surface area (Å²) >= 11 is 0. The first-order chi connectivity index (χ1) is 15.5. The normalized spacial score (nSPS) is 27.7. The summed E-state index contributed by atoms with van der Waals surface area (Å²) in [6.45, 7) is 11.9. The topological polar surface area (TPSA) is 53.1 Å². The lowest BCUT2D eigenvalue weighted by atomic mass is 9.84. The number of hydrogen-bond donors (Lipinski definition) is 0. The number of fused-ring (bicyclic) bond motifs is 1. The predicted molar refractivity (Wildman–Crippen MR) is 125 cm³/mol. The Morgan fingerprint density at radius 3 is 2.50 bits per heavy atom. The number of rotatable bonds is 8. The molecule has 3 fully saturated rings. The number of aryl methyl sites for hydroxylation is 1. The summed E-state index contributed by atoms with van der Waals surface area (Å²) in [5, 5.41) is 0. The van der Waals surface area contributed by atoms with E-state index >= 15 is 0 Å². The summed E-state index contributed by atoms with van der Waals surface area (Å²) in [5.74, 6) is 0.937. The van der Waals surface area contributed by atoms with Gasteiger partial charge in [-0.25, -0.2) is 0 Å². The van der Waals surface area contributed by atoms with Crippen molar-refractivity contribution in [1.82, 2.24) is 14.7 Å². The summed E-state index contributed by atoms with van der Waals surface area (Å²) in [6.07, 6.45) is 3.14. The fraction of sp³-hybridized carbons (Fsp3) is 0.692. The maximum absolute atomic E-state index is 13.0. The van der Waals surface area contributed by atoms with Gasteiger partial charge in [-0.2, -0.15) is 0 Å². The number of amides is 2. The van der Waals surface area contributed by atoms with Gasteiger partial charge in [-0.15, -0.1) is 0 Å². The van der Waals surface area contributed by atoms with E-state index in [1.807, 2.05) is 23.6 Å². The van der Waals surface area contributed by atoms with Crippen LogP contribution in [0.2, 0.25) is 0 Å². The van der Waals surface area contributed by atoms with Gasteiger partial charge in [-0.1, -0.05) is 24.3 Å². The number of carbonyl (C=O) groups excluding carboxylic acids is 2. The zero-order chi connectivity index (χ0) is 22.7. The lowest BCUT2D eigenvalue weighted by Gasteiger charge is -2.26. The van der Waals surface area contributed by atoms with Crippen molar-refractivity contribution >= 4 is 11.8 Å². The Hall–Kier alpha value is -1.92. The van der Waals surface area contributed by atoms with Crippen molar-refractivity contribution < 1.29 is 14.3 Å². The predicted octanol–water partition coefficient (Wildman–Crippen LogP) is 3.08. The maximum Gasteiger partial charge on any atom is 0.225 e. The second kappa shape index (κ2) is 10.3. The zero-order valence-corrected chi connectivity index (χ0v) is 20.0. The monoisotopic (exact) mass is 441 g/mol. The third-order valence-electron chi connectivity index (χ3n) is 7.86. The van der Waals surface area contributed by atoms with Crippen molar-refractivity contribution in [3.05, 3.63) is 35.4 Å². The van der Waals surface area contributed by atoms with Gasteiger partial charge in [0, 0.05) is 57.6 Å². The Kier molecular flexibility index (Phi) is 7.51. The maximum atomic E-state index is 13.0. The second-order valence-electron chi connectivity index (χ2n) is 9.69. The first kappa shape index (κ1) is 23.2. The Morgan fingerprint density at radius 1 is 1.09 bits per heavy atom. The highest BCUT2D eigenvalue weighted by molar-refractivity contribution is 5.77. The molecule has 0 radical (unpaired) electrons. The van der Waals surface area contributed by atoms with Crippen LogP contribution < -0.4 is 0 Å². The van der Waals surface area contributed by atoms with Gasteiger partial charge in [0.05, 0.1) is 19.1 Å². The summed E-state index contributed by atoms with van der Waals surface area (Å²) in [5.41, 5.74) is 2.63. The molecule has 0 aromatic heterocycles. The van der Waals surface area contributed by atoms with Gasteiger partial charge >= 0.3 is 0 Å². The van der Waals surface area contributed by atoms with Crippen LogP contribution in [0.5, 0.6) is 0 Å². The minimum atomic E-state index is -0.0913. The molecule has 4 rings (SSSR count). The van der Waals surface area contributed by atoms with Crippen LogP contribution in [0.4, 0.5) is 0 Å². The van der Waals surface area contributed by atoms with Gasteiger partial charge in [0.15, 0.2) is 0 Å². The van der Waals surface area contributed by atoms with Gasteiger partial charge in [0.1, 0.15) is 0 Å². The average Bonchev–Trinajstić information content (AvgIpc) is 3.51. The van der Waals surface area contributed by atoms with Crippen LogP contribution in [0, 0.1) is 18.8 Å². The van der Waals surface area contributed by atoms with E-state index < -0.39 is 0 Å². The number of benzene rings is 1. The molecule has 0 N–H and O–H groups in total. The van der Waals surface area contributed by atoms with E-state index in [0.29, 0.717) is 19.4 Å². The number of hydrogen-bond acceptors (Lipinski definition) is 4. The zero-order valence-electron chi connectivity index (χ0n) is 20.0. The first-order valence-corrected chi connectivity index (χ1v) is 12.5. The molecule has 3 saturated heterocycles. The largest absolute Gasteiger partial charge is 0.376 e. The van der Waals surface area contributed by atoms with Crippen LogP contribution >= 0.6 is 0 Å². The SMILES string of the molecule is CCN(CC)C(=O)C[C@@H]1OC[C@@H]2[C@H]1[C@H](CC(=O)N1CCCC1)CN2Cc1ccccc1C. The molecule has 1 aromatic rings. The third kappa shape index (κ3) is 4.86. The molecule has 3 aliphatic heterocycles. The second-order valence-corrected chi connectivity index (χ2v) is 9.69. The van der Waals surface area contributed by atoms with Crippen molar-refractivity contribution in [3.63, 3.8) is 0 Å². The molecule has 2 amide bonds. The highest BCUT2D eigenvalue weighted by atomic mass is 16.5. The molecule has 6 nitrogen and oxygen atoms in total. The fourth-order valence-corrected chi connectivity index (χ4v) is 6.00. The van der Waals surface area contributed by atoms with Crippen molar-refractivity contribution in [2.45, 2.75) is 65.1 Å². The number of likely N-dealkylation sites (tertiary alicyclic amines) is 2. The van der Waals surface area contributed by atoms with E-state index in [2.05, 4.69) is 36.1 Å². The lowest BCUT2D eigenvalue weighted by Crippen LogP contribution is -2.38. The standard InChI is InChI=1S/C26H39N3O3/c1-4-27(5-2)25(31)15-23-26-21(14-24(30)28-12-8-9-13-28)17-29(22(26)18-32-23)16-20-11-7-6-10-19(20)3/h6-7,10-11,21-23,26H,4-5,8-9,12-18H2,1-3H3/t21-,22-,23+,26-/m1/s1. The third-order valence-corrected chi connectivity index (χ3v) is 7.86. The quantitative estimate of drug-likeness (QED) is 0.622. The van der Waals surface area contributed by atoms with Gasteiger partial charge in [-0.05, 0) is 50.7 Å². The molecule has 4 atom stereocenters. The van der Waals surface area contributed by atoms with E-state index in [-0.39, 0.29) is 35.8 Å². The molecule has 0 unspecified atom stereocenters. The molecular formula is C26H39N3O3. The number of carbonyl (C=O) groups is 2. The van der Waals surface area contributed by atoms with Gasteiger partial charge < -0.3 is 14.5 Å². The molecule has 32 heavy (non-hydrogen) atoms. The summed E-state index contributed by atoms with van der Waals surface area (Å²) in [4.78, 5) is 32.3. The van der Waals surface area contributed by atoms with Crippen molar-refractivity contribution in [3.8, 4) is 0 Å². The van der Waals surface area contributed by atoms with Gasteiger partial charge in [0.25, 0.3) is 0 Å². The van der Waals surface area contributed by atoms with Crippen LogP contribution in [0.3, 0.4) is 0 Å². The fourth-order valence-electron chi connectivity index (χ4n) is 6.00. The summed E-state index contributed by atoms with van der Waals surface area (Å²) in [6, 6.07) is 8.82. The molecule has 0 bridgehead atoms. The Morgan fingerprint density at radius 2 is 1.81 bits per heavy atom. The Labute approximate surface area is 192 Å². The summed E-state index contributed by atoms with van der Waals surface area (Å²) < 4.78 is 6.25. The molecule has 0 saturated carbocycles. The minimum Gasteiger partial charge on any atom is -0.376 e. The van der Waals surface area contributed by atoms with E-state index in [1.165, 1.54) is 11.1 Å². The molecular weight excluding hydrogens is 402 g/mol.